The maximum atomic E-state index is 13.4. The summed E-state index contributed by atoms with van der Waals surface area (Å²) in [4.78, 5) is 62.8. The second kappa shape index (κ2) is 16.3. The van der Waals surface area contributed by atoms with Crippen LogP contribution in [0.1, 0.15) is 92.4 Å². The van der Waals surface area contributed by atoms with Gasteiger partial charge < -0.3 is 68.2 Å². The quantitative estimate of drug-likeness (QED) is 0.0857. The first-order valence-corrected chi connectivity index (χ1v) is 20.7. The summed E-state index contributed by atoms with van der Waals surface area (Å²) in [6, 6.07) is 0. The number of ether oxygens (including phenoxy) is 8. The van der Waals surface area contributed by atoms with Crippen molar-refractivity contribution < 1.29 is 87.4 Å². The van der Waals surface area contributed by atoms with E-state index >= 15 is 0 Å². The molecule has 3 heterocycles. The minimum Gasteiger partial charge on any atom is -0.458 e. The molecule has 4 saturated carbocycles. The maximum absolute atomic E-state index is 13.4. The lowest BCUT2D eigenvalue weighted by Crippen LogP contribution is -2.69. The van der Waals surface area contributed by atoms with Gasteiger partial charge in [-0.3, -0.25) is 14.4 Å². The van der Waals surface area contributed by atoms with Crippen molar-refractivity contribution in [2.45, 2.75) is 171 Å². The molecule has 7 rings (SSSR count). The number of aliphatic hydroxyl groups excluding tert-OH is 3. The van der Waals surface area contributed by atoms with Crippen LogP contribution in [0.5, 0.6) is 0 Å². The standard InChI is InChI=1S/C41H58O18/c1-19-30(47)31(48)32(49)36(54-19)53-17-28-33(55-20(2)43)34(56-21(3)44)35(57-22(4)45)37(59-28)58-24-6-11-39(18-42)26-7-10-38(5)25(23-14-29(46)52-16-23)9-13-41(38,51)27(26)8-12-40(39,50)15-24/h14,18-19,24-28,30-37,47-51H,6-13,15-17H2,1-5H3. The molecule has 0 aromatic rings. The van der Waals surface area contributed by atoms with Crippen LogP contribution < -0.4 is 0 Å². The summed E-state index contributed by atoms with van der Waals surface area (Å²) in [6.07, 6.45) is -9.40. The van der Waals surface area contributed by atoms with Crippen molar-refractivity contribution in [2.24, 2.45) is 28.6 Å². The van der Waals surface area contributed by atoms with Gasteiger partial charge in [-0.15, -0.1) is 0 Å². The fourth-order valence-corrected chi connectivity index (χ4v) is 12.1. The van der Waals surface area contributed by atoms with Gasteiger partial charge in [0.2, 0.25) is 0 Å². The molecule has 7 aliphatic rings. The number of hydrogen-bond donors (Lipinski definition) is 5. The predicted octanol–water partition coefficient (Wildman–Crippen LogP) is 0.287. The Bertz CT molecular complexity index is 1690. The topological polar surface area (TPSA) is 260 Å². The summed E-state index contributed by atoms with van der Waals surface area (Å²) < 4.78 is 46.2. The first-order chi connectivity index (χ1) is 27.8. The summed E-state index contributed by atoms with van der Waals surface area (Å²) in [7, 11) is 0. The Kier molecular flexibility index (Phi) is 12.2. The number of carbonyl (C=O) groups excluding carboxylic acids is 5. The largest absolute Gasteiger partial charge is 0.458 e. The van der Waals surface area contributed by atoms with Crippen molar-refractivity contribution in [2.75, 3.05) is 13.2 Å². The zero-order chi connectivity index (χ0) is 42.8. The Hall–Kier alpha value is -3.07. The highest BCUT2D eigenvalue weighted by Gasteiger charge is 2.72. The Morgan fingerprint density at radius 2 is 1.47 bits per heavy atom. The van der Waals surface area contributed by atoms with Crippen molar-refractivity contribution in [1.29, 1.82) is 0 Å². The summed E-state index contributed by atoms with van der Waals surface area (Å²) in [5.74, 6) is -3.49. The van der Waals surface area contributed by atoms with Crippen molar-refractivity contribution >= 4 is 30.2 Å². The first-order valence-electron chi connectivity index (χ1n) is 20.7. The predicted molar refractivity (Wildman–Crippen MR) is 196 cm³/mol. The van der Waals surface area contributed by atoms with E-state index < -0.39 is 114 Å². The van der Waals surface area contributed by atoms with Gasteiger partial charge in [0.25, 0.3) is 0 Å². The molecule has 18 nitrogen and oxygen atoms in total. The van der Waals surface area contributed by atoms with Crippen LogP contribution in [0.15, 0.2) is 11.6 Å². The number of rotatable bonds is 10. The molecule has 18 unspecified atom stereocenters. The Labute approximate surface area is 341 Å². The smallest absolute Gasteiger partial charge is 0.331 e. The lowest BCUT2D eigenvalue weighted by molar-refractivity contribution is -0.341. The summed E-state index contributed by atoms with van der Waals surface area (Å²) in [5.41, 5.74) is -3.58. The van der Waals surface area contributed by atoms with Gasteiger partial charge in [-0.2, -0.15) is 0 Å². The molecule has 3 aliphatic heterocycles. The van der Waals surface area contributed by atoms with Gasteiger partial charge in [-0.05, 0) is 81.6 Å². The summed E-state index contributed by atoms with van der Waals surface area (Å²) in [6.45, 7) is 6.57. The first kappa shape index (κ1) is 44.0. The Morgan fingerprint density at radius 3 is 2.12 bits per heavy atom. The van der Waals surface area contributed by atoms with Crippen LogP contribution in [0.3, 0.4) is 0 Å². The molecule has 0 bridgehead atoms. The molecule has 18 atom stereocenters. The second-order valence-corrected chi connectivity index (χ2v) is 18.0. The van der Waals surface area contributed by atoms with E-state index in [0.29, 0.717) is 32.1 Å². The minimum atomic E-state index is -1.68. The lowest BCUT2D eigenvalue weighted by atomic mass is 9.41. The number of cyclic esters (lactones) is 1. The van der Waals surface area contributed by atoms with Gasteiger partial charge >= 0.3 is 23.9 Å². The van der Waals surface area contributed by atoms with Gasteiger partial charge in [-0.1, -0.05) is 6.92 Å². The average Bonchev–Trinajstić information content (AvgIpc) is 3.72. The fourth-order valence-electron chi connectivity index (χ4n) is 12.1. The van der Waals surface area contributed by atoms with Crippen LogP contribution in [-0.4, -0.2) is 148 Å². The van der Waals surface area contributed by atoms with Crippen LogP contribution in [0.2, 0.25) is 0 Å². The number of aldehydes is 1. The van der Waals surface area contributed by atoms with Crippen molar-refractivity contribution in [3.05, 3.63) is 11.6 Å². The van der Waals surface area contributed by atoms with Crippen molar-refractivity contribution in [3.63, 3.8) is 0 Å². The van der Waals surface area contributed by atoms with Crippen LogP contribution in [-0.2, 0) is 61.9 Å². The highest BCUT2D eigenvalue weighted by molar-refractivity contribution is 5.85. The Morgan fingerprint density at radius 1 is 0.814 bits per heavy atom. The normalized spacial score (nSPS) is 48.0. The Balaban J connectivity index is 1.13. The van der Waals surface area contributed by atoms with E-state index in [0.717, 1.165) is 32.6 Å². The lowest BCUT2D eigenvalue weighted by Gasteiger charge is -2.65. The van der Waals surface area contributed by atoms with Crippen LogP contribution >= 0.6 is 0 Å². The molecule has 2 saturated heterocycles. The third-order valence-electron chi connectivity index (χ3n) is 14.9. The molecule has 59 heavy (non-hydrogen) atoms. The third kappa shape index (κ3) is 7.53. The number of esters is 4. The van der Waals surface area contributed by atoms with Crippen LogP contribution in [0.25, 0.3) is 0 Å². The molecule has 0 aromatic heterocycles. The second-order valence-electron chi connectivity index (χ2n) is 18.0. The monoisotopic (exact) mass is 838 g/mol. The molecule has 0 radical (unpaired) electrons. The SMILES string of the molecule is CC(=O)OC1C(COC2OC(C)C(O)C(O)C2O)OC(OC2CCC3(C=O)C4CCC5(C)C(C6=CC(=O)OC6)CCC5(O)C4CCC3(O)C2)C(OC(C)=O)C1OC(C)=O. The molecule has 4 aliphatic carbocycles. The van der Waals surface area contributed by atoms with Crippen LogP contribution in [0, 0.1) is 28.6 Å². The van der Waals surface area contributed by atoms with Gasteiger partial charge in [0.05, 0.1) is 35.4 Å². The zero-order valence-corrected chi connectivity index (χ0v) is 34.1. The minimum absolute atomic E-state index is 0.0285. The van der Waals surface area contributed by atoms with Crippen LogP contribution in [0.4, 0.5) is 0 Å². The van der Waals surface area contributed by atoms with Gasteiger partial charge in [0.1, 0.15) is 37.3 Å². The van der Waals surface area contributed by atoms with E-state index in [1.807, 2.05) is 0 Å². The van der Waals surface area contributed by atoms with E-state index in [1.165, 1.54) is 13.0 Å². The highest BCUT2D eigenvalue weighted by atomic mass is 16.8. The molecule has 5 N–H and O–H groups in total. The summed E-state index contributed by atoms with van der Waals surface area (Å²) in [5, 5.41) is 56.3. The third-order valence-corrected chi connectivity index (χ3v) is 14.9. The van der Waals surface area contributed by atoms with E-state index in [-0.39, 0.29) is 56.0 Å². The molecular formula is C41H58O18. The molecule has 18 heteroatoms. The molecule has 330 valence electrons. The van der Waals surface area contributed by atoms with Crippen molar-refractivity contribution in [3.8, 4) is 0 Å². The van der Waals surface area contributed by atoms with E-state index in [1.54, 1.807) is 0 Å². The molecule has 0 amide bonds. The zero-order valence-electron chi connectivity index (χ0n) is 34.1. The van der Waals surface area contributed by atoms with E-state index in [9.17, 15) is 49.5 Å². The molecule has 0 aromatic carbocycles. The van der Waals surface area contributed by atoms with Gasteiger partial charge in [0.15, 0.2) is 30.9 Å². The van der Waals surface area contributed by atoms with E-state index in [4.69, 9.17) is 37.9 Å². The average molecular weight is 839 g/mol. The molecule has 6 fully saturated rings. The number of fused-ring (bicyclic) bond motifs is 5. The number of aliphatic hydroxyl groups is 5. The fraction of sp³-hybridized carbons (Fsp3) is 0.829. The number of hydrogen-bond acceptors (Lipinski definition) is 18. The maximum Gasteiger partial charge on any atom is 0.331 e. The molecule has 0 spiro atoms. The molecular weight excluding hydrogens is 780 g/mol. The summed E-state index contributed by atoms with van der Waals surface area (Å²) >= 11 is 0. The van der Waals surface area contributed by atoms with E-state index in [2.05, 4.69) is 6.92 Å². The van der Waals surface area contributed by atoms with Crippen molar-refractivity contribution in [1.82, 2.24) is 0 Å². The van der Waals surface area contributed by atoms with Gasteiger partial charge in [-0.25, -0.2) is 4.79 Å². The highest BCUT2D eigenvalue weighted by Crippen LogP contribution is 2.70. The van der Waals surface area contributed by atoms with Gasteiger partial charge in [0, 0.05) is 38.7 Å². The number of carbonyl (C=O) groups is 5.